The second kappa shape index (κ2) is 6.23. The lowest BCUT2D eigenvalue weighted by Crippen LogP contribution is -2.03. The van der Waals surface area contributed by atoms with Crippen molar-refractivity contribution in [3.8, 4) is 11.5 Å². The van der Waals surface area contributed by atoms with Gasteiger partial charge in [-0.2, -0.15) is 0 Å². The molecule has 2 aromatic carbocycles. The van der Waals surface area contributed by atoms with Crippen LogP contribution in [0.2, 0.25) is 0 Å². The Bertz CT molecular complexity index is 580. The number of nitrogens with one attached hydrogen (secondary N) is 1. The van der Waals surface area contributed by atoms with Crippen LogP contribution < -0.4 is 14.8 Å². The normalized spacial score (nSPS) is 10.2. The van der Waals surface area contributed by atoms with Crippen LogP contribution >= 0.6 is 0 Å². The fraction of sp³-hybridized carbons (Fsp3) is 0.200. The second-order valence-corrected chi connectivity index (χ2v) is 4.17. The Morgan fingerprint density at radius 2 is 1.65 bits per heavy atom. The first-order valence-corrected chi connectivity index (χ1v) is 6.04. The number of benzene rings is 2. The van der Waals surface area contributed by atoms with Gasteiger partial charge in [-0.1, -0.05) is 12.1 Å². The van der Waals surface area contributed by atoms with Crippen molar-refractivity contribution in [3.63, 3.8) is 0 Å². The van der Waals surface area contributed by atoms with E-state index in [4.69, 9.17) is 9.47 Å². The van der Waals surface area contributed by atoms with Crippen molar-refractivity contribution in [1.29, 1.82) is 0 Å². The Morgan fingerprint density at radius 1 is 1.00 bits per heavy atom. The fourth-order valence-electron chi connectivity index (χ4n) is 1.79. The number of halogens is 2. The second-order valence-electron chi connectivity index (χ2n) is 4.17. The molecule has 2 rings (SSSR count). The SMILES string of the molecule is COc1cc(NCc2cccc(F)c2F)cc(OC)c1. The van der Waals surface area contributed by atoms with Gasteiger partial charge in [0, 0.05) is 36.0 Å². The molecule has 0 amide bonds. The van der Waals surface area contributed by atoms with E-state index in [1.54, 1.807) is 32.4 Å². The third-order valence-corrected chi connectivity index (χ3v) is 2.87. The van der Waals surface area contributed by atoms with Crippen LogP contribution in [0, 0.1) is 11.6 Å². The zero-order valence-electron chi connectivity index (χ0n) is 11.2. The molecule has 3 nitrogen and oxygen atoms in total. The summed E-state index contributed by atoms with van der Waals surface area (Å²) in [5, 5.41) is 3.01. The van der Waals surface area contributed by atoms with E-state index in [-0.39, 0.29) is 12.1 Å². The molecule has 0 aromatic heterocycles. The van der Waals surface area contributed by atoms with Gasteiger partial charge < -0.3 is 14.8 Å². The predicted molar refractivity (Wildman–Crippen MR) is 73.2 cm³/mol. The minimum absolute atomic E-state index is 0.167. The van der Waals surface area contributed by atoms with E-state index in [9.17, 15) is 8.78 Å². The summed E-state index contributed by atoms with van der Waals surface area (Å²) in [6.07, 6.45) is 0. The number of hydrogen-bond acceptors (Lipinski definition) is 3. The average Bonchev–Trinajstić information content (AvgIpc) is 2.48. The van der Waals surface area contributed by atoms with Crippen molar-refractivity contribution in [2.75, 3.05) is 19.5 Å². The summed E-state index contributed by atoms with van der Waals surface area (Å²) < 4.78 is 36.9. The van der Waals surface area contributed by atoms with E-state index in [1.165, 1.54) is 12.1 Å². The van der Waals surface area contributed by atoms with Gasteiger partial charge in [-0.05, 0) is 6.07 Å². The molecule has 0 aliphatic carbocycles. The van der Waals surface area contributed by atoms with E-state index in [2.05, 4.69) is 5.32 Å². The summed E-state index contributed by atoms with van der Waals surface area (Å²) in [6.45, 7) is 0.167. The molecule has 0 radical (unpaired) electrons. The minimum atomic E-state index is -0.854. The molecule has 0 aliphatic rings. The Balaban J connectivity index is 2.16. The van der Waals surface area contributed by atoms with Crippen LogP contribution in [0.1, 0.15) is 5.56 Å². The number of rotatable bonds is 5. The molecule has 20 heavy (non-hydrogen) atoms. The van der Waals surface area contributed by atoms with E-state index in [0.717, 1.165) is 6.07 Å². The first-order valence-electron chi connectivity index (χ1n) is 6.04. The van der Waals surface area contributed by atoms with Gasteiger partial charge in [0.25, 0.3) is 0 Å². The van der Waals surface area contributed by atoms with Gasteiger partial charge in [-0.15, -0.1) is 0 Å². The molecule has 0 fully saturated rings. The van der Waals surface area contributed by atoms with E-state index in [0.29, 0.717) is 17.2 Å². The molecule has 0 bridgehead atoms. The zero-order valence-corrected chi connectivity index (χ0v) is 11.2. The predicted octanol–water partition coefficient (Wildman–Crippen LogP) is 3.59. The maximum absolute atomic E-state index is 13.5. The molecule has 2 aromatic rings. The number of ether oxygens (including phenoxy) is 2. The highest BCUT2D eigenvalue weighted by Gasteiger charge is 2.08. The summed E-state index contributed by atoms with van der Waals surface area (Å²) in [4.78, 5) is 0. The fourth-order valence-corrected chi connectivity index (χ4v) is 1.79. The van der Waals surface area contributed by atoms with Crippen LogP contribution in [0.15, 0.2) is 36.4 Å². The van der Waals surface area contributed by atoms with Crippen LogP contribution in [0.4, 0.5) is 14.5 Å². The average molecular weight is 279 g/mol. The molecule has 0 saturated heterocycles. The molecule has 5 heteroatoms. The lowest BCUT2D eigenvalue weighted by atomic mass is 10.2. The lowest BCUT2D eigenvalue weighted by Gasteiger charge is -2.11. The number of methoxy groups -OCH3 is 2. The molecular formula is C15H15F2NO2. The molecule has 0 aliphatic heterocycles. The third kappa shape index (κ3) is 3.17. The highest BCUT2D eigenvalue weighted by atomic mass is 19.2. The first kappa shape index (κ1) is 14.1. The Labute approximate surface area is 116 Å². The smallest absolute Gasteiger partial charge is 0.163 e. The van der Waals surface area contributed by atoms with E-state index >= 15 is 0 Å². The van der Waals surface area contributed by atoms with Gasteiger partial charge in [-0.25, -0.2) is 8.78 Å². The van der Waals surface area contributed by atoms with Gasteiger partial charge >= 0.3 is 0 Å². The summed E-state index contributed by atoms with van der Waals surface area (Å²) in [7, 11) is 3.09. The molecule has 1 N–H and O–H groups in total. The van der Waals surface area contributed by atoms with E-state index < -0.39 is 11.6 Å². The molecular weight excluding hydrogens is 264 g/mol. The maximum Gasteiger partial charge on any atom is 0.163 e. The van der Waals surface area contributed by atoms with Crippen LogP contribution in [-0.4, -0.2) is 14.2 Å². The van der Waals surface area contributed by atoms with Crippen molar-refractivity contribution < 1.29 is 18.3 Å². The summed E-state index contributed by atoms with van der Waals surface area (Å²) >= 11 is 0. The largest absolute Gasteiger partial charge is 0.497 e. The molecule has 0 unspecified atom stereocenters. The topological polar surface area (TPSA) is 30.5 Å². The van der Waals surface area contributed by atoms with Gasteiger partial charge in [0.05, 0.1) is 14.2 Å². The first-order chi connectivity index (χ1) is 9.63. The van der Waals surface area contributed by atoms with E-state index in [1.807, 2.05) is 0 Å². The monoisotopic (exact) mass is 279 g/mol. The van der Waals surface area contributed by atoms with Gasteiger partial charge in [0.1, 0.15) is 11.5 Å². The van der Waals surface area contributed by atoms with Crippen LogP contribution in [-0.2, 0) is 6.54 Å². The molecule has 0 spiro atoms. The molecule has 106 valence electrons. The van der Waals surface area contributed by atoms with Crippen LogP contribution in [0.25, 0.3) is 0 Å². The number of hydrogen-bond donors (Lipinski definition) is 1. The maximum atomic E-state index is 13.5. The molecule has 0 heterocycles. The van der Waals surface area contributed by atoms with Gasteiger partial charge in [0.2, 0.25) is 0 Å². The van der Waals surface area contributed by atoms with Gasteiger partial charge in [0.15, 0.2) is 11.6 Å². The van der Waals surface area contributed by atoms with Crippen molar-refractivity contribution in [2.24, 2.45) is 0 Å². The molecule has 0 atom stereocenters. The number of anilines is 1. The Kier molecular flexibility index (Phi) is 4.40. The zero-order chi connectivity index (χ0) is 14.5. The Morgan fingerprint density at radius 3 is 2.25 bits per heavy atom. The van der Waals surface area contributed by atoms with Crippen LogP contribution in [0.3, 0.4) is 0 Å². The van der Waals surface area contributed by atoms with Crippen molar-refractivity contribution in [2.45, 2.75) is 6.54 Å². The highest BCUT2D eigenvalue weighted by molar-refractivity contribution is 5.54. The summed E-state index contributed by atoms with van der Waals surface area (Å²) in [5.41, 5.74) is 0.955. The van der Waals surface area contributed by atoms with Crippen molar-refractivity contribution >= 4 is 5.69 Å². The quantitative estimate of drug-likeness (QED) is 0.907. The minimum Gasteiger partial charge on any atom is -0.497 e. The Hall–Kier alpha value is -2.30. The highest BCUT2D eigenvalue weighted by Crippen LogP contribution is 2.26. The lowest BCUT2D eigenvalue weighted by molar-refractivity contribution is 0.394. The molecule has 0 saturated carbocycles. The standard InChI is InChI=1S/C15H15F2NO2/c1-19-12-6-11(7-13(8-12)20-2)18-9-10-4-3-5-14(16)15(10)17/h3-8,18H,9H2,1-2H3. The van der Waals surface area contributed by atoms with Gasteiger partial charge in [-0.3, -0.25) is 0 Å². The van der Waals surface area contributed by atoms with Crippen molar-refractivity contribution in [3.05, 3.63) is 53.6 Å². The summed E-state index contributed by atoms with van der Waals surface area (Å²) in [6, 6.07) is 9.32. The third-order valence-electron chi connectivity index (χ3n) is 2.87. The van der Waals surface area contributed by atoms with Crippen molar-refractivity contribution in [1.82, 2.24) is 0 Å². The van der Waals surface area contributed by atoms with Crippen LogP contribution in [0.5, 0.6) is 11.5 Å². The summed E-state index contributed by atoms with van der Waals surface area (Å²) in [5.74, 6) is -0.458.